The van der Waals surface area contributed by atoms with Crippen molar-refractivity contribution in [2.75, 3.05) is 13.1 Å². The number of guanidine groups is 1. The number of aromatic nitrogens is 2. The molecule has 1 fully saturated rings. The Bertz CT molecular complexity index is 518. The Kier molecular flexibility index (Phi) is 11.2. The van der Waals surface area contributed by atoms with Gasteiger partial charge in [-0.2, -0.15) is 0 Å². The molecule has 0 radical (unpaired) electrons. The van der Waals surface area contributed by atoms with Crippen LogP contribution in [0.1, 0.15) is 65.1 Å². The van der Waals surface area contributed by atoms with Gasteiger partial charge in [-0.05, 0) is 64.2 Å². The molecule has 0 aliphatic heterocycles. The van der Waals surface area contributed by atoms with Crippen molar-refractivity contribution in [3.05, 3.63) is 18.2 Å². The van der Waals surface area contributed by atoms with E-state index < -0.39 is 0 Å². The molecule has 1 aromatic heterocycles. The molecule has 1 aliphatic carbocycles. The maximum atomic E-state index is 4.77. The summed E-state index contributed by atoms with van der Waals surface area (Å²) in [7, 11) is 0. The number of halogens is 1. The summed E-state index contributed by atoms with van der Waals surface area (Å²) in [5.41, 5.74) is 0. The summed E-state index contributed by atoms with van der Waals surface area (Å²) in [4.78, 5) is 9.04. The van der Waals surface area contributed by atoms with Crippen molar-refractivity contribution in [3.63, 3.8) is 0 Å². The van der Waals surface area contributed by atoms with Gasteiger partial charge in [0, 0.05) is 38.1 Å². The van der Waals surface area contributed by atoms with Crippen molar-refractivity contribution < 1.29 is 0 Å². The Morgan fingerprint density at radius 3 is 2.58 bits per heavy atom. The van der Waals surface area contributed by atoms with E-state index in [9.17, 15) is 0 Å². The molecule has 0 unspecified atom stereocenters. The van der Waals surface area contributed by atoms with Crippen molar-refractivity contribution in [2.45, 2.75) is 78.8 Å². The summed E-state index contributed by atoms with van der Waals surface area (Å²) in [5, 5.41) is 7.05. The molecule has 1 heterocycles. The van der Waals surface area contributed by atoms with Gasteiger partial charge in [0.2, 0.25) is 0 Å². The van der Waals surface area contributed by atoms with Crippen LogP contribution in [0.2, 0.25) is 0 Å². The van der Waals surface area contributed by atoms with E-state index in [2.05, 4.69) is 54.1 Å². The Morgan fingerprint density at radius 1 is 1.27 bits per heavy atom. The lowest BCUT2D eigenvalue weighted by molar-refractivity contribution is 0.250. The predicted molar refractivity (Wildman–Crippen MR) is 121 cm³/mol. The van der Waals surface area contributed by atoms with Gasteiger partial charge in [-0.15, -0.1) is 24.0 Å². The fourth-order valence-electron chi connectivity index (χ4n) is 3.67. The number of hydrogen-bond acceptors (Lipinski definition) is 2. The Labute approximate surface area is 176 Å². The number of rotatable bonds is 8. The number of aryl methyl sites for hydroxylation is 2. The maximum Gasteiger partial charge on any atom is 0.191 e. The van der Waals surface area contributed by atoms with Gasteiger partial charge in [0.15, 0.2) is 5.96 Å². The first-order valence-corrected chi connectivity index (χ1v) is 10.1. The minimum Gasteiger partial charge on any atom is -0.357 e. The summed E-state index contributed by atoms with van der Waals surface area (Å²) in [6.07, 6.45) is 11.4. The number of imidazole rings is 1. The highest BCUT2D eigenvalue weighted by Gasteiger charge is 2.23. The van der Waals surface area contributed by atoms with Gasteiger partial charge < -0.3 is 15.2 Å². The van der Waals surface area contributed by atoms with E-state index in [4.69, 9.17) is 4.99 Å². The van der Waals surface area contributed by atoms with E-state index in [0.29, 0.717) is 6.04 Å². The van der Waals surface area contributed by atoms with Crippen LogP contribution in [0.25, 0.3) is 0 Å². The molecule has 1 saturated carbocycles. The summed E-state index contributed by atoms with van der Waals surface area (Å²) >= 11 is 0. The summed E-state index contributed by atoms with van der Waals surface area (Å²) < 4.78 is 2.21. The molecule has 0 spiro atoms. The van der Waals surface area contributed by atoms with E-state index in [-0.39, 0.29) is 24.0 Å². The molecule has 150 valence electrons. The lowest BCUT2D eigenvalue weighted by Crippen LogP contribution is -2.45. The van der Waals surface area contributed by atoms with Crippen molar-refractivity contribution in [3.8, 4) is 0 Å². The molecule has 0 aromatic carbocycles. The van der Waals surface area contributed by atoms with Gasteiger partial charge in [0.25, 0.3) is 0 Å². The fraction of sp³-hybridized carbons (Fsp3) is 0.800. The molecule has 1 aliphatic rings. The van der Waals surface area contributed by atoms with Crippen LogP contribution >= 0.6 is 24.0 Å². The third-order valence-electron chi connectivity index (χ3n) is 5.40. The van der Waals surface area contributed by atoms with Crippen molar-refractivity contribution in [1.82, 2.24) is 20.2 Å². The Balaban J connectivity index is 0.00000338. The smallest absolute Gasteiger partial charge is 0.191 e. The molecular weight excluding hydrogens is 437 g/mol. The Hall–Kier alpha value is -0.790. The second-order valence-electron chi connectivity index (χ2n) is 7.64. The van der Waals surface area contributed by atoms with Crippen LogP contribution < -0.4 is 10.6 Å². The monoisotopic (exact) mass is 475 g/mol. The molecule has 0 bridgehead atoms. The zero-order valence-corrected chi connectivity index (χ0v) is 19.3. The normalized spacial score (nSPS) is 20.7. The van der Waals surface area contributed by atoms with Crippen molar-refractivity contribution >= 4 is 29.9 Å². The quantitative estimate of drug-likeness (QED) is 0.254. The minimum absolute atomic E-state index is 0. The van der Waals surface area contributed by atoms with Crippen molar-refractivity contribution in [2.24, 2.45) is 16.8 Å². The van der Waals surface area contributed by atoms with Gasteiger partial charge in [-0.25, -0.2) is 4.98 Å². The molecule has 26 heavy (non-hydrogen) atoms. The van der Waals surface area contributed by atoms with E-state index in [1.807, 2.05) is 6.20 Å². The first-order valence-electron chi connectivity index (χ1n) is 10.1. The van der Waals surface area contributed by atoms with Crippen LogP contribution in [0.15, 0.2) is 17.4 Å². The van der Waals surface area contributed by atoms with E-state index in [1.54, 1.807) is 0 Å². The minimum atomic E-state index is 0. The average Bonchev–Trinajstić information content (AvgIpc) is 3.00. The van der Waals surface area contributed by atoms with Crippen LogP contribution in [0.3, 0.4) is 0 Å². The van der Waals surface area contributed by atoms with Crippen LogP contribution in [-0.4, -0.2) is 34.6 Å². The zero-order chi connectivity index (χ0) is 18.1. The van der Waals surface area contributed by atoms with Crippen molar-refractivity contribution in [1.29, 1.82) is 0 Å². The van der Waals surface area contributed by atoms with Gasteiger partial charge >= 0.3 is 0 Å². The fourth-order valence-corrected chi connectivity index (χ4v) is 3.67. The molecule has 0 saturated heterocycles. The molecule has 5 nitrogen and oxygen atoms in total. The van der Waals surface area contributed by atoms with Crippen LogP contribution in [0.5, 0.6) is 0 Å². The van der Waals surface area contributed by atoms with E-state index in [0.717, 1.165) is 56.1 Å². The topological polar surface area (TPSA) is 54.2 Å². The molecule has 0 amide bonds. The number of nitrogens with zero attached hydrogens (tertiary/aromatic N) is 3. The maximum absolute atomic E-state index is 4.77. The highest BCUT2D eigenvalue weighted by molar-refractivity contribution is 14.0. The number of aliphatic imine (C=N–C) groups is 1. The first-order chi connectivity index (χ1) is 12.1. The lowest BCUT2D eigenvalue weighted by Gasteiger charge is -2.32. The molecule has 2 N–H and O–H groups in total. The first kappa shape index (κ1) is 23.2. The lowest BCUT2D eigenvalue weighted by atomic mass is 9.80. The summed E-state index contributed by atoms with van der Waals surface area (Å²) in [6.45, 7) is 11.7. The van der Waals surface area contributed by atoms with Gasteiger partial charge in [0.1, 0.15) is 5.82 Å². The highest BCUT2D eigenvalue weighted by atomic mass is 127. The second-order valence-corrected chi connectivity index (χ2v) is 7.64. The van der Waals surface area contributed by atoms with Crippen LogP contribution in [0, 0.1) is 18.8 Å². The van der Waals surface area contributed by atoms with Crippen LogP contribution in [0.4, 0.5) is 0 Å². The van der Waals surface area contributed by atoms with Gasteiger partial charge in [-0.3, -0.25) is 4.99 Å². The predicted octanol–water partition coefficient (Wildman–Crippen LogP) is 4.36. The molecule has 0 atom stereocenters. The molecule has 6 heteroatoms. The van der Waals surface area contributed by atoms with Gasteiger partial charge in [0.05, 0.1) is 0 Å². The molecule has 2 rings (SSSR count). The zero-order valence-electron chi connectivity index (χ0n) is 17.0. The summed E-state index contributed by atoms with van der Waals surface area (Å²) in [5.74, 6) is 3.82. The Morgan fingerprint density at radius 2 is 2.00 bits per heavy atom. The standard InChI is InChI=1S/C20H37N5.HI/c1-5-21-20(24-19-10-8-18(9-11-19)16(2)3)23-12-6-7-14-25-15-13-22-17(25)4;/h13,15-16,18-19H,5-12,14H2,1-4H3,(H2,21,23,24);1H. The number of nitrogens with one attached hydrogen (secondary N) is 2. The SMILES string of the molecule is CCNC(=NCCCCn1ccnc1C)NC1CCC(C(C)C)CC1.I. The molecular formula is C20H38IN5. The van der Waals surface area contributed by atoms with Gasteiger partial charge in [-0.1, -0.05) is 13.8 Å². The third kappa shape index (κ3) is 7.84. The van der Waals surface area contributed by atoms with Crippen LogP contribution in [-0.2, 0) is 6.54 Å². The number of hydrogen-bond donors (Lipinski definition) is 2. The highest BCUT2D eigenvalue weighted by Crippen LogP contribution is 2.29. The third-order valence-corrected chi connectivity index (χ3v) is 5.40. The largest absolute Gasteiger partial charge is 0.357 e. The summed E-state index contributed by atoms with van der Waals surface area (Å²) in [6, 6.07) is 0.585. The second kappa shape index (κ2) is 12.6. The van der Waals surface area contributed by atoms with E-state index in [1.165, 1.54) is 25.7 Å². The average molecular weight is 475 g/mol. The van der Waals surface area contributed by atoms with E-state index >= 15 is 0 Å². The number of unbranched alkanes of at least 4 members (excludes halogenated alkanes) is 1. The molecule has 1 aromatic rings.